The molecule has 0 bridgehead atoms. The Morgan fingerprint density at radius 3 is 2.24 bits per heavy atom. The molecule has 160 valence electrons. The number of esters is 2. The molecule has 0 radical (unpaired) electrons. The monoisotopic (exact) mass is 410 g/mol. The summed E-state index contributed by atoms with van der Waals surface area (Å²) in [7, 11) is 0. The van der Waals surface area contributed by atoms with Crippen LogP contribution in [-0.2, 0) is 30.4 Å². The van der Waals surface area contributed by atoms with Gasteiger partial charge in [0, 0.05) is 19.8 Å². The van der Waals surface area contributed by atoms with E-state index in [-0.39, 0.29) is 29.9 Å². The fraction of sp³-hybridized carbons (Fsp3) is 0.550. The van der Waals surface area contributed by atoms with Gasteiger partial charge in [-0.1, -0.05) is 19.9 Å². The third-order valence-corrected chi connectivity index (χ3v) is 4.71. The van der Waals surface area contributed by atoms with Crippen molar-refractivity contribution in [2.24, 2.45) is 5.92 Å². The first-order valence-corrected chi connectivity index (χ1v) is 9.31. The third kappa shape index (κ3) is 5.45. The average Bonchev–Trinajstić information content (AvgIpc) is 2.66. The van der Waals surface area contributed by atoms with E-state index in [4.69, 9.17) is 18.9 Å². The number of aromatic carboxylic acids is 1. The number of carbonyl (C=O) groups excluding carboxylic acids is 2. The predicted molar refractivity (Wildman–Crippen MR) is 99.2 cm³/mol. The molecule has 5 atom stereocenters. The molecular formula is C20H26O9. The Morgan fingerprint density at radius 1 is 1.10 bits per heavy atom. The minimum Gasteiger partial charge on any atom is -0.478 e. The van der Waals surface area contributed by atoms with E-state index in [9.17, 15) is 24.6 Å². The zero-order valence-corrected chi connectivity index (χ0v) is 16.8. The molecule has 1 saturated heterocycles. The van der Waals surface area contributed by atoms with Crippen molar-refractivity contribution < 1.29 is 43.5 Å². The van der Waals surface area contributed by atoms with Gasteiger partial charge in [-0.3, -0.25) is 9.59 Å². The fourth-order valence-corrected chi connectivity index (χ4v) is 3.35. The summed E-state index contributed by atoms with van der Waals surface area (Å²) in [5.41, 5.74) is 0.214. The third-order valence-electron chi connectivity index (χ3n) is 4.71. The van der Waals surface area contributed by atoms with E-state index in [2.05, 4.69) is 0 Å². The van der Waals surface area contributed by atoms with Gasteiger partial charge in [-0.15, -0.1) is 0 Å². The van der Waals surface area contributed by atoms with E-state index in [0.717, 1.165) is 0 Å². The summed E-state index contributed by atoms with van der Waals surface area (Å²) in [4.78, 5) is 34.9. The first-order valence-electron chi connectivity index (χ1n) is 9.31. The van der Waals surface area contributed by atoms with Crippen molar-refractivity contribution in [2.75, 3.05) is 0 Å². The molecule has 0 amide bonds. The number of rotatable bonds is 7. The Bertz CT molecular complexity index is 760. The van der Waals surface area contributed by atoms with Gasteiger partial charge in [-0.25, -0.2) is 4.79 Å². The topological polar surface area (TPSA) is 129 Å². The molecule has 0 unspecified atom stereocenters. The number of carbonyl (C=O) groups is 3. The van der Waals surface area contributed by atoms with Crippen molar-refractivity contribution in [1.82, 2.24) is 0 Å². The second kappa shape index (κ2) is 9.71. The van der Waals surface area contributed by atoms with Crippen LogP contribution in [0.5, 0.6) is 5.75 Å². The summed E-state index contributed by atoms with van der Waals surface area (Å²) in [5, 5.41) is 18.7. The van der Waals surface area contributed by atoms with E-state index in [1.807, 2.05) is 13.8 Å². The van der Waals surface area contributed by atoms with Crippen LogP contribution in [-0.4, -0.2) is 52.7 Å². The van der Waals surface area contributed by atoms with Crippen LogP contribution in [0.25, 0.3) is 0 Å². The second-order valence-corrected chi connectivity index (χ2v) is 6.87. The van der Waals surface area contributed by atoms with Crippen molar-refractivity contribution in [3.63, 3.8) is 0 Å². The number of hydrogen-bond donors (Lipinski definition) is 2. The Hall–Kier alpha value is -2.65. The van der Waals surface area contributed by atoms with Crippen LogP contribution in [0.3, 0.4) is 0 Å². The maximum Gasteiger partial charge on any atom is 0.339 e. The van der Waals surface area contributed by atoms with Gasteiger partial charge in [-0.2, -0.15) is 0 Å². The number of aliphatic hydroxyl groups excluding tert-OH is 1. The lowest BCUT2D eigenvalue weighted by Gasteiger charge is -2.43. The van der Waals surface area contributed by atoms with E-state index in [0.29, 0.717) is 12.0 Å². The van der Waals surface area contributed by atoms with Gasteiger partial charge in [0.1, 0.15) is 17.4 Å². The smallest absolute Gasteiger partial charge is 0.339 e. The van der Waals surface area contributed by atoms with Crippen LogP contribution in [0.2, 0.25) is 0 Å². The quantitative estimate of drug-likeness (QED) is 0.647. The van der Waals surface area contributed by atoms with E-state index < -0.39 is 36.4 Å². The van der Waals surface area contributed by atoms with E-state index in [1.165, 1.54) is 32.0 Å². The van der Waals surface area contributed by atoms with Gasteiger partial charge in [0.15, 0.2) is 0 Å². The molecule has 9 nitrogen and oxygen atoms in total. The number of benzene rings is 1. The normalized spacial score (nSPS) is 26.4. The molecule has 1 aromatic rings. The average molecular weight is 410 g/mol. The maximum atomic E-state index is 11.7. The highest BCUT2D eigenvalue weighted by atomic mass is 16.7. The zero-order valence-electron chi connectivity index (χ0n) is 16.8. The van der Waals surface area contributed by atoms with Gasteiger partial charge in [0.25, 0.3) is 0 Å². The van der Waals surface area contributed by atoms with E-state index >= 15 is 0 Å². The van der Waals surface area contributed by atoms with Crippen molar-refractivity contribution >= 4 is 17.9 Å². The zero-order chi connectivity index (χ0) is 21.7. The molecule has 0 spiro atoms. The standard InChI is InChI=1S/C20H26O9/c1-5-15-10(2)17(26-11(3)22)18(27-12(4)23)20(28-15)29-16-7-6-13(9-21)8-14(16)19(24)25/h6-8,10,15,17-18,20-21H,5,9H2,1-4H3,(H,24,25)/t10-,15+,17-,18+,20-/m0/s1. The Balaban J connectivity index is 2.42. The molecule has 0 aliphatic carbocycles. The maximum absolute atomic E-state index is 11.7. The van der Waals surface area contributed by atoms with Crippen LogP contribution in [0.4, 0.5) is 0 Å². The lowest BCUT2D eigenvalue weighted by molar-refractivity contribution is -0.266. The molecule has 0 saturated carbocycles. The van der Waals surface area contributed by atoms with Crippen LogP contribution in [0.15, 0.2) is 18.2 Å². The first-order chi connectivity index (χ1) is 13.7. The summed E-state index contributed by atoms with van der Waals surface area (Å²) in [6, 6.07) is 4.18. The molecule has 0 aromatic heterocycles. The van der Waals surface area contributed by atoms with Crippen molar-refractivity contribution in [3.8, 4) is 5.75 Å². The Morgan fingerprint density at radius 2 is 1.72 bits per heavy atom. The predicted octanol–water partition coefficient (Wildman–Crippen LogP) is 1.89. The van der Waals surface area contributed by atoms with Gasteiger partial charge in [-0.05, 0) is 24.1 Å². The summed E-state index contributed by atoms with van der Waals surface area (Å²) in [6.45, 7) is 5.82. The van der Waals surface area contributed by atoms with Crippen LogP contribution >= 0.6 is 0 Å². The molecule has 9 heteroatoms. The minimum absolute atomic E-state index is 0.0252. The highest BCUT2D eigenvalue weighted by molar-refractivity contribution is 5.91. The van der Waals surface area contributed by atoms with Crippen molar-refractivity contribution in [3.05, 3.63) is 29.3 Å². The highest BCUT2D eigenvalue weighted by Crippen LogP contribution is 2.34. The molecule has 2 rings (SSSR count). The first kappa shape index (κ1) is 22.6. The molecule has 29 heavy (non-hydrogen) atoms. The van der Waals surface area contributed by atoms with Crippen LogP contribution < -0.4 is 4.74 Å². The largest absolute Gasteiger partial charge is 0.478 e. The number of hydrogen-bond acceptors (Lipinski definition) is 8. The fourth-order valence-electron chi connectivity index (χ4n) is 3.35. The van der Waals surface area contributed by atoms with Gasteiger partial charge in [0.05, 0.1) is 12.7 Å². The number of carboxylic acid groups (broad SMARTS) is 1. The SMILES string of the molecule is CC[C@H]1O[C@@H](Oc2ccc(CO)cc2C(=O)O)[C@H](OC(C)=O)[C@@H](OC(C)=O)[C@H]1C. The Kier molecular flexibility index (Phi) is 7.58. The number of ether oxygens (including phenoxy) is 4. The molecule has 1 fully saturated rings. The molecule has 1 aliphatic heterocycles. The molecule has 2 N–H and O–H groups in total. The van der Waals surface area contributed by atoms with Crippen molar-refractivity contribution in [2.45, 2.75) is 65.3 Å². The summed E-state index contributed by atoms with van der Waals surface area (Å²) >= 11 is 0. The van der Waals surface area contributed by atoms with Gasteiger partial charge in [0.2, 0.25) is 12.4 Å². The lowest BCUT2D eigenvalue weighted by atomic mass is 9.89. The summed E-state index contributed by atoms with van der Waals surface area (Å²) < 4.78 is 22.5. The number of carboxylic acids is 1. The van der Waals surface area contributed by atoms with Crippen LogP contribution in [0, 0.1) is 5.92 Å². The molecule has 1 heterocycles. The van der Waals surface area contributed by atoms with E-state index in [1.54, 1.807) is 0 Å². The molecule has 1 aliphatic rings. The van der Waals surface area contributed by atoms with Crippen molar-refractivity contribution in [1.29, 1.82) is 0 Å². The molecular weight excluding hydrogens is 384 g/mol. The summed E-state index contributed by atoms with van der Waals surface area (Å²) in [6.07, 6.45) is -2.91. The highest BCUT2D eigenvalue weighted by Gasteiger charge is 2.48. The lowest BCUT2D eigenvalue weighted by Crippen LogP contribution is -2.58. The molecule has 1 aromatic carbocycles. The summed E-state index contributed by atoms with van der Waals surface area (Å²) in [5.74, 6) is -2.74. The van der Waals surface area contributed by atoms with Gasteiger partial charge < -0.3 is 29.2 Å². The minimum atomic E-state index is -1.26. The Labute approximate surface area is 168 Å². The second-order valence-electron chi connectivity index (χ2n) is 6.87. The van der Waals surface area contributed by atoms with Gasteiger partial charge >= 0.3 is 17.9 Å². The number of aliphatic hydroxyl groups is 1. The van der Waals surface area contributed by atoms with Crippen LogP contribution in [0.1, 0.15) is 50.0 Å².